The van der Waals surface area contributed by atoms with Crippen molar-refractivity contribution in [2.24, 2.45) is 0 Å². The number of benzene rings is 1. The Morgan fingerprint density at radius 1 is 1.24 bits per heavy atom. The molecule has 0 saturated heterocycles. The number of hydrogen-bond acceptors (Lipinski definition) is 3. The van der Waals surface area contributed by atoms with Gasteiger partial charge in [0, 0.05) is 16.5 Å². The minimum absolute atomic E-state index is 0.776. The summed E-state index contributed by atoms with van der Waals surface area (Å²) in [7, 11) is 1.67. The fourth-order valence-electron chi connectivity index (χ4n) is 2.23. The maximum Gasteiger partial charge on any atom is 0.182 e. The van der Waals surface area contributed by atoms with E-state index < -0.39 is 0 Å². The van der Waals surface area contributed by atoms with Gasteiger partial charge in [0.15, 0.2) is 5.65 Å². The van der Waals surface area contributed by atoms with Crippen molar-refractivity contribution in [1.29, 1.82) is 0 Å². The van der Waals surface area contributed by atoms with Crippen molar-refractivity contribution in [3.63, 3.8) is 0 Å². The Balaban J connectivity index is 2.48. The number of aromatic nitrogens is 3. The van der Waals surface area contributed by atoms with Crippen LogP contribution in [0.4, 0.5) is 0 Å². The van der Waals surface area contributed by atoms with Gasteiger partial charge in [-0.25, -0.2) is 4.98 Å². The molecule has 0 radical (unpaired) electrons. The van der Waals surface area contributed by atoms with Crippen LogP contribution in [-0.4, -0.2) is 22.3 Å². The summed E-state index contributed by atoms with van der Waals surface area (Å²) in [6.07, 6.45) is 0. The average Bonchev–Trinajstić information content (AvgIpc) is 2.71. The van der Waals surface area contributed by atoms with Gasteiger partial charge in [0.05, 0.1) is 12.6 Å². The number of hydrogen-bond donors (Lipinski definition) is 1. The Morgan fingerprint density at radius 2 is 2.06 bits per heavy atom. The predicted molar refractivity (Wildman–Crippen MR) is 67.4 cm³/mol. The summed E-state index contributed by atoms with van der Waals surface area (Å²) in [5.74, 6) is 0.850. The van der Waals surface area contributed by atoms with E-state index in [1.165, 1.54) is 5.56 Å². The number of aryl methyl sites for hydroxylation is 2. The molecule has 4 nitrogen and oxygen atoms in total. The third-order valence-corrected chi connectivity index (χ3v) is 3.14. The Kier molecular flexibility index (Phi) is 2.04. The van der Waals surface area contributed by atoms with Crippen molar-refractivity contribution in [1.82, 2.24) is 15.2 Å². The van der Waals surface area contributed by atoms with Gasteiger partial charge in [-0.3, -0.25) is 5.10 Å². The number of aromatic amines is 1. The van der Waals surface area contributed by atoms with Crippen molar-refractivity contribution in [3.8, 4) is 5.75 Å². The standard InChI is InChI=1S/C13H13N3O/c1-7-10-6-9(17-3)4-5-11(10)14-13-12(7)8(2)15-16-13/h4-6H,1-3H3,(H,14,15,16). The second kappa shape index (κ2) is 3.45. The molecule has 4 heteroatoms. The van der Waals surface area contributed by atoms with E-state index in [1.807, 2.05) is 25.1 Å². The number of ether oxygens (including phenoxy) is 1. The summed E-state index contributed by atoms with van der Waals surface area (Å²) in [5.41, 5.74) is 3.96. The fourth-order valence-corrected chi connectivity index (χ4v) is 2.23. The lowest BCUT2D eigenvalue weighted by Crippen LogP contribution is -1.89. The van der Waals surface area contributed by atoms with E-state index in [0.29, 0.717) is 0 Å². The molecule has 0 amide bonds. The molecule has 0 fully saturated rings. The van der Waals surface area contributed by atoms with Crippen molar-refractivity contribution < 1.29 is 4.74 Å². The summed E-state index contributed by atoms with van der Waals surface area (Å²) in [4.78, 5) is 4.54. The van der Waals surface area contributed by atoms with Crippen LogP contribution in [0.5, 0.6) is 5.75 Å². The second-order valence-electron chi connectivity index (χ2n) is 4.17. The molecule has 1 N–H and O–H groups in total. The average molecular weight is 227 g/mol. The van der Waals surface area contributed by atoms with Gasteiger partial charge < -0.3 is 4.74 Å². The first-order valence-corrected chi connectivity index (χ1v) is 5.49. The van der Waals surface area contributed by atoms with Gasteiger partial charge in [-0.15, -0.1) is 0 Å². The van der Waals surface area contributed by atoms with Crippen molar-refractivity contribution in [2.45, 2.75) is 13.8 Å². The second-order valence-corrected chi connectivity index (χ2v) is 4.17. The van der Waals surface area contributed by atoms with Crippen LogP contribution in [0.15, 0.2) is 18.2 Å². The lowest BCUT2D eigenvalue weighted by atomic mass is 10.1. The largest absolute Gasteiger partial charge is 0.497 e. The summed E-state index contributed by atoms with van der Waals surface area (Å²) in [6.45, 7) is 4.10. The molecule has 3 aromatic rings. The van der Waals surface area contributed by atoms with Gasteiger partial charge >= 0.3 is 0 Å². The molecule has 0 aliphatic carbocycles. The fraction of sp³-hybridized carbons (Fsp3) is 0.231. The van der Waals surface area contributed by atoms with E-state index in [0.717, 1.165) is 33.4 Å². The van der Waals surface area contributed by atoms with Crippen LogP contribution in [-0.2, 0) is 0 Å². The number of nitrogens with one attached hydrogen (secondary N) is 1. The van der Waals surface area contributed by atoms with Crippen molar-refractivity contribution in [2.75, 3.05) is 7.11 Å². The minimum Gasteiger partial charge on any atom is -0.497 e. The smallest absolute Gasteiger partial charge is 0.182 e. The first kappa shape index (κ1) is 10.1. The molecule has 0 aliphatic heterocycles. The summed E-state index contributed by atoms with van der Waals surface area (Å²) in [6, 6.07) is 5.90. The van der Waals surface area contributed by atoms with Crippen LogP contribution in [0.1, 0.15) is 11.3 Å². The molecule has 1 aromatic carbocycles. The molecule has 0 bridgehead atoms. The van der Waals surface area contributed by atoms with E-state index in [-0.39, 0.29) is 0 Å². The lowest BCUT2D eigenvalue weighted by molar-refractivity contribution is 0.415. The van der Waals surface area contributed by atoms with Crippen LogP contribution in [0.25, 0.3) is 21.9 Å². The number of methoxy groups -OCH3 is 1. The van der Waals surface area contributed by atoms with Gasteiger partial charge in [0.2, 0.25) is 0 Å². The maximum atomic E-state index is 5.25. The van der Waals surface area contributed by atoms with Gasteiger partial charge in [-0.2, -0.15) is 5.10 Å². The molecular weight excluding hydrogens is 214 g/mol. The Hall–Kier alpha value is -2.10. The molecule has 2 aromatic heterocycles. The Morgan fingerprint density at radius 3 is 2.82 bits per heavy atom. The number of nitrogens with zero attached hydrogens (tertiary/aromatic N) is 2. The highest BCUT2D eigenvalue weighted by atomic mass is 16.5. The van der Waals surface area contributed by atoms with Gasteiger partial charge in [0.25, 0.3) is 0 Å². The van der Waals surface area contributed by atoms with E-state index in [9.17, 15) is 0 Å². The van der Waals surface area contributed by atoms with E-state index in [2.05, 4.69) is 22.1 Å². The van der Waals surface area contributed by atoms with Crippen LogP contribution in [0, 0.1) is 13.8 Å². The first-order chi connectivity index (χ1) is 8.20. The lowest BCUT2D eigenvalue weighted by Gasteiger charge is -2.05. The molecule has 0 atom stereocenters. The van der Waals surface area contributed by atoms with E-state index >= 15 is 0 Å². The molecule has 86 valence electrons. The van der Waals surface area contributed by atoms with E-state index in [4.69, 9.17) is 4.74 Å². The first-order valence-electron chi connectivity index (χ1n) is 5.49. The highest BCUT2D eigenvalue weighted by Crippen LogP contribution is 2.28. The minimum atomic E-state index is 0.776. The Labute approximate surface area is 98.6 Å². The summed E-state index contributed by atoms with van der Waals surface area (Å²) in [5, 5.41) is 9.40. The van der Waals surface area contributed by atoms with Gasteiger partial charge in [0.1, 0.15) is 5.75 Å². The number of rotatable bonds is 1. The molecule has 3 rings (SSSR count). The van der Waals surface area contributed by atoms with Crippen molar-refractivity contribution in [3.05, 3.63) is 29.5 Å². The number of H-pyrrole nitrogens is 1. The normalized spacial score (nSPS) is 11.2. The zero-order valence-electron chi connectivity index (χ0n) is 10.0. The third kappa shape index (κ3) is 1.37. The Bertz CT molecular complexity index is 715. The third-order valence-electron chi connectivity index (χ3n) is 3.14. The molecular formula is C13H13N3O. The van der Waals surface area contributed by atoms with E-state index in [1.54, 1.807) is 7.11 Å². The zero-order valence-corrected chi connectivity index (χ0v) is 10.0. The topological polar surface area (TPSA) is 50.8 Å². The SMILES string of the molecule is COc1ccc2nc3n[nH]c(C)c3c(C)c2c1. The summed E-state index contributed by atoms with van der Waals surface area (Å²) < 4.78 is 5.25. The van der Waals surface area contributed by atoms with Crippen LogP contribution < -0.4 is 4.74 Å². The molecule has 2 heterocycles. The molecule has 0 unspecified atom stereocenters. The molecule has 0 spiro atoms. The van der Waals surface area contributed by atoms with Crippen LogP contribution >= 0.6 is 0 Å². The summed E-state index contributed by atoms with van der Waals surface area (Å²) >= 11 is 0. The zero-order chi connectivity index (χ0) is 12.0. The molecule has 0 aliphatic rings. The highest BCUT2D eigenvalue weighted by Gasteiger charge is 2.10. The molecule has 0 saturated carbocycles. The number of fused-ring (bicyclic) bond motifs is 2. The monoisotopic (exact) mass is 227 g/mol. The highest BCUT2D eigenvalue weighted by molar-refractivity contribution is 5.97. The van der Waals surface area contributed by atoms with Crippen LogP contribution in [0.2, 0.25) is 0 Å². The predicted octanol–water partition coefficient (Wildman–Crippen LogP) is 2.74. The maximum absolute atomic E-state index is 5.25. The van der Waals surface area contributed by atoms with Gasteiger partial charge in [-0.05, 0) is 37.6 Å². The van der Waals surface area contributed by atoms with Gasteiger partial charge in [-0.1, -0.05) is 0 Å². The number of pyridine rings is 1. The van der Waals surface area contributed by atoms with Crippen LogP contribution in [0.3, 0.4) is 0 Å². The molecule has 17 heavy (non-hydrogen) atoms. The van der Waals surface area contributed by atoms with Crippen molar-refractivity contribution >= 4 is 21.9 Å². The quantitative estimate of drug-likeness (QED) is 0.695.